The van der Waals surface area contributed by atoms with Gasteiger partial charge in [0, 0.05) is 3.57 Å². The highest BCUT2D eigenvalue weighted by atomic mass is 127. The highest BCUT2D eigenvalue weighted by Crippen LogP contribution is 2.16. The predicted molar refractivity (Wildman–Crippen MR) is 56.7 cm³/mol. The zero-order valence-corrected chi connectivity index (χ0v) is 7.54. The number of hydrogen-bond acceptors (Lipinski definition) is 0. The van der Waals surface area contributed by atoms with Gasteiger partial charge in [-0.3, -0.25) is 0 Å². The Morgan fingerprint density at radius 3 is 2.55 bits per heavy atom. The summed E-state index contributed by atoms with van der Waals surface area (Å²) in [6, 6.07) is -2.14. The highest BCUT2D eigenvalue weighted by molar-refractivity contribution is 14.1. The van der Waals surface area contributed by atoms with Crippen molar-refractivity contribution in [3.63, 3.8) is 0 Å². The zero-order valence-electron chi connectivity index (χ0n) is 12.4. The average Bonchev–Trinajstić information content (AvgIpc) is 2.35. The maximum absolute atomic E-state index is 7.87. The van der Waals surface area contributed by atoms with Crippen LogP contribution in [0.15, 0.2) is 42.3 Å². The lowest BCUT2D eigenvalue weighted by atomic mass is 10.1. The van der Waals surface area contributed by atoms with E-state index in [0.717, 1.165) is 0 Å². The molecule has 0 heterocycles. The van der Waals surface area contributed by atoms with Crippen LogP contribution in [0.5, 0.6) is 0 Å². The molecule has 0 spiro atoms. The van der Waals surface area contributed by atoms with Crippen LogP contribution in [0.3, 0.4) is 0 Å². The summed E-state index contributed by atoms with van der Waals surface area (Å²) in [6.45, 7) is 0. The molecule has 11 heavy (non-hydrogen) atoms. The van der Waals surface area contributed by atoms with Crippen LogP contribution in [0.25, 0.3) is 10.8 Å². The molecule has 0 aliphatic rings. The van der Waals surface area contributed by atoms with Gasteiger partial charge in [0.2, 0.25) is 0 Å². The maximum atomic E-state index is 7.87. The van der Waals surface area contributed by atoms with E-state index in [1.807, 2.05) is 0 Å². The summed E-state index contributed by atoms with van der Waals surface area (Å²) >= 11 is 1.74. The minimum absolute atomic E-state index is 0.00593. The summed E-state index contributed by atoms with van der Waals surface area (Å²) in [5.41, 5.74) is 0. The minimum atomic E-state index is -0.444. The molecule has 0 amide bonds. The Balaban J connectivity index is 3.22. The summed E-state index contributed by atoms with van der Waals surface area (Å²) in [5.74, 6) is 0. The summed E-state index contributed by atoms with van der Waals surface area (Å²) in [4.78, 5) is 0. The van der Waals surface area contributed by atoms with Crippen LogP contribution < -0.4 is 0 Å². The molecule has 1 heteroatoms. The molecular formula is C10H7I. The lowest BCUT2D eigenvalue weighted by molar-refractivity contribution is 1.70. The quantitative estimate of drug-likeness (QED) is 0.637. The van der Waals surface area contributed by atoms with Gasteiger partial charge in [0.05, 0.1) is 9.60 Å². The molecular weight excluding hydrogens is 247 g/mol. The van der Waals surface area contributed by atoms with Crippen molar-refractivity contribution in [2.45, 2.75) is 0 Å². The van der Waals surface area contributed by atoms with Gasteiger partial charge in [-0.05, 0) is 45.4 Å². The monoisotopic (exact) mass is 261 g/mol. The van der Waals surface area contributed by atoms with Crippen LogP contribution in [0.2, 0.25) is 0 Å². The Morgan fingerprint density at radius 1 is 1.00 bits per heavy atom. The van der Waals surface area contributed by atoms with E-state index >= 15 is 0 Å². The van der Waals surface area contributed by atoms with E-state index in [4.69, 9.17) is 9.60 Å². The van der Waals surface area contributed by atoms with E-state index < -0.39 is 12.1 Å². The summed E-state index contributed by atoms with van der Waals surface area (Å²) < 4.78 is 54.2. The molecule has 0 aromatic heterocycles. The Labute approximate surface area is 89.2 Å². The Bertz CT molecular complexity index is 567. The molecule has 2 rings (SSSR count). The fraction of sp³-hybridized carbons (Fsp3) is 0. The fourth-order valence-corrected chi connectivity index (χ4v) is 1.16. The van der Waals surface area contributed by atoms with Gasteiger partial charge < -0.3 is 0 Å². The molecule has 0 N–H and O–H groups in total. The first-order valence-electron chi connectivity index (χ1n) is 6.44. The molecule has 0 fully saturated rings. The van der Waals surface area contributed by atoms with E-state index in [-0.39, 0.29) is 44.6 Å². The molecule has 0 aliphatic heterocycles. The smallest absolute Gasteiger partial charge is 0.0616 e. The molecule has 0 bridgehead atoms. The molecule has 54 valence electrons. The van der Waals surface area contributed by atoms with E-state index in [1.54, 1.807) is 22.6 Å². The van der Waals surface area contributed by atoms with Crippen LogP contribution in [0.1, 0.15) is 9.60 Å². The van der Waals surface area contributed by atoms with Crippen molar-refractivity contribution in [3.8, 4) is 0 Å². The Morgan fingerprint density at radius 2 is 1.73 bits per heavy atom. The minimum Gasteiger partial charge on any atom is -0.0616 e. The maximum Gasteiger partial charge on any atom is 0.0640 e. The lowest BCUT2D eigenvalue weighted by Gasteiger charge is -1.95. The van der Waals surface area contributed by atoms with Gasteiger partial charge in [-0.1, -0.05) is 30.2 Å². The van der Waals surface area contributed by atoms with E-state index in [9.17, 15) is 0 Å². The molecule has 2 aromatic carbocycles. The third-order valence-corrected chi connectivity index (χ3v) is 1.76. The van der Waals surface area contributed by atoms with Crippen LogP contribution in [-0.2, 0) is 0 Å². The van der Waals surface area contributed by atoms with Crippen LogP contribution in [0.4, 0.5) is 0 Å². The van der Waals surface area contributed by atoms with Crippen molar-refractivity contribution in [2.75, 3.05) is 0 Å². The van der Waals surface area contributed by atoms with Gasteiger partial charge in [-0.15, -0.1) is 0 Å². The second-order valence-corrected chi connectivity index (χ2v) is 3.02. The number of rotatable bonds is 0. The van der Waals surface area contributed by atoms with Crippen LogP contribution in [-0.4, -0.2) is 0 Å². The molecule has 0 atom stereocenters. The van der Waals surface area contributed by atoms with Crippen molar-refractivity contribution in [1.29, 1.82) is 0 Å². The van der Waals surface area contributed by atoms with E-state index in [2.05, 4.69) is 0 Å². The van der Waals surface area contributed by atoms with E-state index in [0.29, 0.717) is 0 Å². The van der Waals surface area contributed by atoms with Crippen LogP contribution in [0, 0.1) is 3.57 Å². The first kappa shape index (κ1) is 2.73. The van der Waals surface area contributed by atoms with Crippen molar-refractivity contribution >= 4 is 33.4 Å². The highest BCUT2D eigenvalue weighted by Gasteiger charge is 1.90. The topological polar surface area (TPSA) is 0 Å². The molecule has 0 aliphatic carbocycles. The van der Waals surface area contributed by atoms with Crippen molar-refractivity contribution in [1.82, 2.24) is 0 Å². The van der Waals surface area contributed by atoms with Crippen molar-refractivity contribution in [2.24, 2.45) is 0 Å². The van der Waals surface area contributed by atoms with Gasteiger partial charge in [0.1, 0.15) is 0 Å². The SMILES string of the molecule is [2H]c1c([2H])c([2H])c2c([2H])c(I)c([2H])c([2H])c2c1[2H]. The Hall–Kier alpha value is -0.570. The molecule has 0 unspecified atom stereocenters. The summed E-state index contributed by atoms with van der Waals surface area (Å²) in [5, 5.41) is -0.0529. The third kappa shape index (κ3) is 1.38. The first-order valence-corrected chi connectivity index (χ1v) is 4.02. The third-order valence-electron chi connectivity index (χ3n) is 1.22. The van der Waals surface area contributed by atoms with Crippen LogP contribution >= 0.6 is 22.6 Å². The summed E-state index contributed by atoms with van der Waals surface area (Å²) in [7, 11) is 0. The second-order valence-electron chi connectivity index (χ2n) is 1.94. The number of benzene rings is 2. The normalized spacial score (nSPS) is 19.2. The standard InChI is InChI=1S/C10H7I/c11-10-6-5-8-3-1-2-4-9(8)7-10/h1-7H/i1D,2D,3D,4D,5D,6D,7D. The zero-order chi connectivity index (χ0) is 13.8. The first-order chi connectivity index (χ1) is 8.29. The van der Waals surface area contributed by atoms with Gasteiger partial charge in [-0.2, -0.15) is 0 Å². The van der Waals surface area contributed by atoms with Crippen molar-refractivity contribution in [3.05, 3.63) is 45.9 Å². The fourth-order valence-electron chi connectivity index (χ4n) is 0.758. The second kappa shape index (κ2) is 2.81. The number of halogens is 1. The Kier molecular flexibility index (Phi) is 0.699. The average molecular weight is 261 g/mol. The molecule has 0 nitrogen and oxygen atoms in total. The van der Waals surface area contributed by atoms with Crippen molar-refractivity contribution < 1.29 is 9.60 Å². The summed E-state index contributed by atoms with van der Waals surface area (Å²) in [6.07, 6.45) is 0. The molecule has 0 radical (unpaired) electrons. The molecule has 2 aromatic rings. The van der Waals surface area contributed by atoms with Gasteiger partial charge in [0.15, 0.2) is 0 Å². The largest absolute Gasteiger partial charge is 0.0640 e. The predicted octanol–water partition coefficient (Wildman–Crippen LogP) is 3.44. The van der Waals surface area contributed by atoms with E-state index in [1.165, 1.54) is 0 Å². The number of fused-ring (bicyclic) bond motifs is 1. The van der Waals surface area contributed by atoms with Gasteiger partial charge in [-0.25, -0.2) is 0 Å². The van der Waals surface area contributed by atoms with Gasteiger partial charge in [0.25, 0.3) is 0 Å². The van der Waals surface area contributed by atoms with Gasteiger partial charge >= 0.3 is 0 Å². The number of hydrogen-bond donors (Lipinski definition) is 0. The molecule has 0 saturated heterocycles. The molecule has 0 saturated carbocycles. The lowest BCUT2D eigenvalue weighted by Crippen LogP contribution is -1.72.